The van der Waals surface area contributed by atoms with Gasteiger partial charge in [-0.3, -0.25) is 4.90 Å². The first-order chi connectivity index (χ1) is 10.1. The third-order valence-electron chi connectivity index (χ3n) is 3.67. The normalized spacial score (nSPS) is 15.3. The maximum Gasteiger partial charge on any atom is 0.324 e. The van der Waals surface area contributed by atoms with Crippen LogP contribution in [0.25, 0.3) is 11.3 Å². The van der Waals surface area contributed by atoms with E-state index >= 15 is 0 Å². The van der Waals surface area contributed by atoms with E-state index in [2.05, 4.69) is 5.16 Å². The molecule has 0 spiro atoms. The summed E-state index contributed by atoms with van der Waals surface area (Å²) in [6.45, 7) is 5.53. The summed E-state index contributed by atoms with van der Waals surface area (Å²) >= 11 is 0. The predicted octanol–water partition coefficient (Wildman–Crippen LogP) is 2.57. The lowest BCUT2D eigenvalue weighted by Crippen LogP contribution is -2.36. The Balaban J connectivity index is 1.80. The lowest BCUT2D eigenvalue weighted by atomic mass is 10.1. The van der Waals surface area contributed by atoms with E-state index in [4.69, 9.17) is 10.3 Å². The van der Waals surface area contributed by atoms with Crippen LogP contribution in [0, 0.1) is 0 Å². The Kier molecular flexibility index (Phi) is 3.29. The molecule has 2 aromatic rings. The summed E-state index contributed by atoms with van der Waals surface area (Å²) in [7, 11) is 0. The molecule has 2 heterocycles. The third kappa shape index (κ3) is 2.44. The van der Waals surface area contributed by atoms with Crippen molar-refractivity contribution in [2.75, 3.05) is 23.7 Å². The molecule has 21 heavy (non-hydrogen) atoms. The first kappa shape index (κ1) is 13.5. The quantitative estimate of drug-likeness (QED) is 0.941. The standard InChI is InChI=1S/C15H18N4O2/c1-10(2)18-7-8-19(15(18)20)12-5-3-11(4-6-12)13-9-14(16)21-17-13/h3-6,9-10H,7-8,16H2,1-2H3. The Morgan fingerprint density at radius 1 is 1.24 bits per heavy atom. The number of aromatic nitrogens is 1. The van der Waals surface area contributed by atoms with Crippen molar-refractivity contribution in [3.63, 3.8) is 0 Å². The molecule has 2 N–H and O–H groups in total. The molecule has 1 aromatic carbocycles. The van der Waals surface area contributed by atoms with Crippen LogP contribution >= 0.6 is 0 Å². The zero-order valence-electron chi connectivity index (χ0n) is 12.1. The highest BCUT2D eigenvalue weighted by Crippen LogP contribution is 2.26. The van der Waals surface area contributed by atoms with Gasteiger partial charge in [0.1, 0.15) is 5.69 Å². The molecule has 0 radical (unpaired) electrons. The maximum absolute atomic E-state index is 12.3. The van der Waals surface area contributed by atoms with Gasteiger partial charge >= 0.3 is 6.03 Å². The molecule has 0 saturated carbocycles. The second-order valence-corrected chi connectivity index (χ2v) is 5.38. The van der Waals surface area contributed by atoms with Gasteiger partial charge in [-0.1, -0.05) is 17.3 Å². The summed E-state index contributed by atoms with van der Waals surface area (Å²) < 4.78 is 4.86. The Morgan fingerprint density at radius 3 is 2.48 bits per heavy atom. The molecule has 6 heteroatoms. The summed E-state index contributed by atoms with van der Waals surface area (Å²) in [4.78, 5) is 16.0. The van der Waals surface area contributed by atoms with Crippen LogP contribution in [0.4, 0.5) is 16.4 Å². The summed E-state index contributed by atoms with van der Waals surface area (Å²) in [5.41, 5.74) is 8.01. The number of hydrogen-bond donors (Lipinski definition) is 1. The third-order valence-corrected chi connectivity index (χ3v) is 3.67. The van der Waals surface area contributed by atoms with Crippen LogP contribution in [-0.2, 0) is 0 Å². The molecule has 3 rings (SSSR count). The molecule has 1 aliphatic heterocycles. The fourth-order valence-corrected chi connectivity index (χ4v) is 2.51. The number of rotatable bonds is 3. The number of anilines is 2. The van der Waals surface area contributed by atoms with Crippen molar-refractivity contribution >= 4 is 17.6 Å². The average molecular weight is 286 g/mol. The number of nitrogen functional groups attached to an aromatic ring is 1. The van der Waals surface area contributed by atoms with Gasteiger partial charge in [0.05, 0.1) is 0 Å². The molecular formula is C15H18N4O2. The van der Waals surface area contributed by atoms with E-state index in [0.717, 1.165) is 17.8 Å². The van der Waals surface area contributed by atoms with Gasteiger partial charge in [0.25, 0.3) is 0 Å². The predicted molar refractivity (Wildman–Crippen MR) is 80.9 cm³/mol. The van der Waals surface area contributed by atoms with Crippen molar-refractivity contribution in [2.24, 2.45) is 0 Å². The molecule has 1 saturated heterocycles. The van der Waals surface area contributed by atoms with E-state index in [-0.39, 0.29) is 18.0 Å². The van der Waals surface area contributed by atoms with Gasteiger partial charge in [0, 0.05) is 36.4 Å². The van der Waals surface area contributed by atoms with Gasteiger partial charge in [0.15, 0.2) is 0 Å². The maximum atomic E-state index is 12.3. The summed E-state index contributed by atoms with van der Waals surface area (Å²) in [5.74, 6) is 0.288. The Hall–Kier alpha value is -2.50. The second kappa shape index (κ2) is 5.12. The van der Waals surface area contributed by atoms with Crippen molar-refractivity contribution in [3.8, 4) is 11.3 Å². The van der Waals surface area contributed by atoms with E-state index in [0.29, 0.717) is 12.2 Å². The van der Waals surface area contributed by atoms with Crippen LogP contribution < -0.4 is 10.6 Å². The molecule has 0 aliphatic carbocycles. The smallest absolute Gasteiger partial charge is 0.324 e. The van der Waals surface area contributed by atoms with Crippen LogP contribution in [0.2, 0.25) is 0 Å². The zero-order chi connectivity index (χ0) is 15.0. The number of nitrogens with two attached hydrogens (primary N) is 1. The molecule has 0 unspecified atom stereocenters. The number of hydrogen-bond acceptors (Lipinski definition) is 4. The van der Waals surface area contributed by atoms with Crippen molar-refractivity contribution in [1.29, 1.82) is 0 Å². The minimum atomic E-state index is 0.0587. The number of carbonyl (C=O) groups is 1. The Morgan fingerprint density at radius 2 is 1.95 bits per heavy atom. The van der Waals surface area contributed by atoms with Crippen LogP contribution in [0.3, 0.4) is 0 Å². The SMILES string of the molecule is CC(C)N1CCN(c2ccc(-c3cc(N)on3)cc2)C1=O. The fraction of sp³-hybridized carbons (Fsp3) is 0.333. The van der Waals surface area contributed by atoms with E-state index < -0.39 is 0 Å². The van der Waals surface area contributed by atoms with Gasteiger partial charge < -0.3 is 15.2 Å². The minimum Gasteiger partial charge on any atom is -0.368 e. The van der Waals surface area contributed by atoms with Crippen LogP contribution in [0.15, 0.2) is 34.9 Å². The molecule has 0 bridgehead atoms. The summed E-state index contributed by atoms with van der Waals surface area (Å²) in [5, 5.41) is 3.87. The van der Waals surface area contributed by atoms with Gasteiger partial charge in [-0.15, -0.1) is 0 Å². The van der Waals surface area contributed by atoms with E-state index in [1.807, 2.05) is 43.0 Å². The van der Waals surface area contributed by atoms with Gasteiger partial charge in [0.2, 0.25) is 5.88 Å². The number of carbonyl (C=O) groups excluding carboxylic acids is 1. The molecular weight excluding hydrogens is 268 g/mol. The Labute approximate surface area is 123 Å². The zero-order valence-corrected chi connectivity index (χ0v) is 12.1. The highest BCUT2D eigenvalue weighted by Gasteiger charge is 2.30. The number of amides is 2. The van der Waals surface area contributed by atoms with Gasteiger partial charge in [-0.05, 0) is 26.0 Å². The minimum absolute atomic E-state index is 0.0587. The molecule has 1 fully saturated rings. The summed E-state index contributed by atoms with van der Waals surface area (Å²) in [6, 6.07) is 9.62. The first-order valence-electron chi connectivity index (χ1n) is 6.97. The number of urea groups is 1. The highest BCUT2D eigenvalue weighted by atomic mass is 16.5. The van der Waals surface area contributed by atoms with Crippen molar-refractivity contribution in [1.82, 2.24) is 10.1 Å². The van der Waals surface area contributed by atoms with E-state index in [1.54, 1.807) is 11.0 Å². The first-order valence-corrected chi connectivity index (χ1v) is 6.97. The molecule has 110 valence electrons. The number of benzene rings is 1. The van der Waals surface area contributed by atoms with Crippen molar-refractivity contribution < 1.29 is 9.32 Å². The van der Waals surface area contributed by atoms with Crippen LogP contribution in [0.5, 0.6) is 0 Å². The number of nitrogens with zero attached hydrogens (tertiary/aromatic N) is 3. The van der Waals surface area contributed by atoms with Crippen LogP contribution in [0.1, 0.15) is 13.8 Å². The van der Waals surface area contributed by atoms with Crippen molar-refractivity contribution in [2.45, 2.75) is 19.9 Å². The average Bonchev–Trinajstić information content (AvgIpc) is 3.05. The Bertz CT molecular complexity index is 648. The molecule has 1 aromatic heterocycles. The molecule has 6 nitrogen and oxygen atoms in total. The highest BCUT2D eigenvalue weighted by molar-refractivity contribution is 5.94. The van der Waals surface area contributed by atoms with Crippen molar-refractivity contribution in [3.05, 3.63) is 30.3 Å². The fourth-order valence-electron chi connectivity index (χ4n) is 2.51. The summed E-state index contributed by atoms with van der Waals surface area (Å²) in [6.07, 6.45) is 0. The van der Waals surface area contributed by atoms with E-state index in [1.165, 1.54) is 0 Å². The lowest BCUT2D eigenvalue weighted by Gasteiger charge is -2.21. The largest absolute Gasteiger partial charge is 0.368 e. The monoisotopic (exact) mass is 286 g/mol. The lowest BCUT2D eigenvalue weighted by molar-refractivity contribution is 0.209. The van der Waals surface area contributed by atoms with Gasteiger partial charge in [-0.25, -0.2) is 4.79 Å². The topological polar surface area (TPSA) is 75.6 Å². The second-order valence-electron chi connectivity index (χ2n) is 5.38. The molecule has 2 amide bonds. The molecule has 0 atom stereocenters. The van der Waals surface area contributed by atoms with Gasteiger partial charge in [-0.2, -0.15) is 0 Å². The van der Waals surface area contributed by atoms with E-state index in [9.17, 15) is 4.79 Å². The van der Waals surface area contributed by atoms with Crippen LogP contribution in [-0.4, -0.2) is 35.2 Å². The molecule has 1 aliphatic rings.